The van der Waals surface area contributed by atoms with Crippen LogP contribution < -0.4 is 0 Å². The average Bonchev–Trinajstić information content (AvgIpc) is 2.90. The molecule has 3 fully saturated rings. The SMILES string of the molecule is CC(C)(C)OC1CCOC1.CC1CC1.COC1CCC1. The van der Waals surface area contributed by atoms with E-state index in [2.05, 4.69) is 27.7 Å². The average molecular weight is 286 g/mol. The Labute approximate surface area is 125 Å². The van der Waals surface area contributed by atoms with E-state index in [1.807, 2.05) is 0 Å². The minimum atomic E-state index is -0.0155. The highest BCUT2D eigenvalue weighted by atomic mass is 16.6. The molecule has 3 nitrogen and oxygen atoms in total. The summed E-state index contributed by atoms with van der Waals surface area (Å²) in [6.45, 7) is 10.1. The second kappa shape index (κ2) is 9.01. The largest absolute Gasteiger partial charge is 0.381 e. The standard InChI is InChI=1S/C8H16O2.C5H10O.C4H8/c1-8(2,3)10-7-4-5-9-6-7;1-6-5-3-2-4-5;1-4-2-3-4/h7H,4-6H2,1-3H3;5H,2-4H2,1H3;4H,2-3H2,1H3. The van der Waals surface area contributed by atoms with Crippen molar-refractivity contribution in [2.75, 3.05) is 20.3 Å². The molecule has 3 heteroatoms. The number of rotatable bonds is 2. The van der Waals surface area contributed by atoms with Gasteiger partial charge in [-0.2, -0.15) is 0 Å². The second-order valence-electron chi connectivity index (χ2n) is 7.19. The Bertz CT molecular complexity index is 230. The molecule has 20 heavy (non-hydrogen) atoms. The van der Waals surface area contributed by atoms with Crippen LogP contribution in [0, 0.1) is 5.92 Å². The molecule has 0 bridgehead atoms. The maximum absolute atomic E-state index is 5.67. The van der Waals surface area contributed by atoms with Gasteiger partial charge in [-0.25, -0.2) is 0 Å². The van der Waals surface area contributed by atoms with Crippen LogP contribution in [0.2, 0.25) is 0 Å². The third-order valence-corrected chi connectivity index (χ3v) is 3.66. The third-order valence-electron chi connectivity index (χ3n) is 3.66. The Hall–Kier alpha value is -0.120. The summed E-state index contributed by atoms with van der Waals surface area (Å²) in [7, 11) is 1.78. The summed E-state index contributed by atoms with van der Waals surface area (Å²) in [5.74, 6) is 1.08. The fraction of sp³-hybridized carbons (Fsp3) is 1.00. The van der Waals surface area contributed by atoms with Crippen LogP contribution in [0.4, 0.5) is 0 Å². The lowest BCUT2D eigenvalue weighted by Gasteiger charge is -2.23. The van der Waals surface area contributed by atoms with Crippen molar-refractivity contribution in [2.45, 2.75) is 84.0 Å². The Balaban J connectivity index is 0.000000168. The first-order valence-electron chi connectivity index (χ1n) is 8.19. The van der Waals surface area contributed by atoms with Crippen molar-refractivity contribution in [2.24, 2.45) is 5.92 Å². The first-order chi connectivity index (χ1) is 9.40. The summed E-state index contributed by atoms with van der Waals surface area (Å²) in [4.78, 5) is 0. The summed E-state index contributed by atoms with van der Waals surface area (Å²) in [6.07, 6.45) is 8.92. The predicted molar refractivity (Wildman–Crippen MR) is 83.1 cm³/mol. The van der Waals surface area contributed by atoms with Gasteiger partial charge in [-0.3, -0.25) is 0 Å². The van der Waals surface area contributed by atoms with Gasteiger partial charge in [0.15, 0.2) is 0 Å². The molecule has 0 aromatic rings. The van der Waals surface area contributed by atoms with Gasteiger partial charge in [0, 0.05) is 13.7 Å². The normalized spacial score (nSPS) is 25.9. The van der Waals surface area contributed by atoms with Gasteiger partial charge in [0.05, 0.1) is 24.4 Å². The molecule has 120 valence electrons. The molecule has 3 aliphatic rings. The molecule has 0 N–H and O–H groups in total. The molecular weight excluding hydrogens is 252 g/mol. The fourth-order valence-corrected chi connectivity index (χ4v) is 1.88. The van der Waals surface area contributed by atoms with E-state index >= 15 is 0 Å². The van der Waals surface area contributed by atoms with Crippen molar-refractivity contribution in [1.29, 1.82) is 0 Å². The molecular formula is C17H34O3. The fourth-order valence-electron chi connectivity index (χ4n) is 1.88. The zero-order valence-corrected chi connectivity index (χ0v) is 14.1. The van der Waals surface area contributed by atoms with Crippen LogP contribution in [-0.4, -0.2) is 38.1 Å². The van der Waals surface area contributed by atoms with Gasteiger partial charge in [0.1, 0.15) is 0 Å². The molecule has 0 radical (unpaired) electrons. The summed E-state index contributed by atoms with van der Waals surface area (Å²) in [5.41, 5.74) is -0.0155. The minimum Gasteiger partial charge on any atom is -0.381 e. The third kappa shape index (κ3) is 9.73. The Morgan fingerprint density at radius 3 is 1.75 bits per heavy atom. The van der Waals surface area contributed by atoms with Crippen LogP contribution in [0.15, 0.2) is 0 Å². The highest BCUT2D eigenvalue weighted by molar-refractivity contribution is 4.69. The van der Waals surface area contributed by atoms with Gasteiger partial charge in [0.25, 0.3) is 0 Å². The van der Waals surface area contributed by atoms with E-state index in [1.54, 1.807) is 7.11 Å². The minimum absolute atomic E-state index is 0.0155. The maximum Gasteiger partial charge on any atom is 0.0837 e. The summed E-state index contributed by atoms with van der Waals surface area (Å²) >= 11 is 0. The lowest BCUT2D eigenvalue weighted by Crippen LogP contribution is -2.27. The Morgan fingerprint density at radius 1 is 0.950 bits per heavy atom. The molecule has 2 aliphatic carbocycles. The van der Waals surface area contributed by atoms with E-state index in [1.165, 1.54) is 32.1 Å². The van der Waals surface area contributed by atoms with E-state index in [-0.39, 0.29) is 5.60 Å². The molecule has 2 saturated carbocycles. The Kier molecular flexibility index (Phi) is 8.08. The summed E-state index contributed by atoms with van der Waals surface area (Å²) in [6, 6.07) is 0. The zero-order valence-electron chi connectivity index (χ0n) is 14.1. The molecule has 1 aliphatic heterocycles. The molecule has 0 spiro atoms. The van der Waals surface area contributed by atoms with Gasteiger partial charge in [-0.05, 0) is 52.4 Å². The quantitative estimate of drug-likeness (QED) is 0.761. The molecule has 0 amide bonds. The van der Waals surface area contributed by atoms with Crippen molar-refractivity contribution in [1.82, 2.24) is 0 Å². The molecule has 0 aromatic heterocycles. The van der Waals surface area contributed by atoms with Crippen molar-refractivity contribution in [3.05, 3.63) is 0 Å². The smallest absolute Gasteiger partial charge is 0.0837 e. The van der Waals surface area contributed by atoms with Crippen LogP contribution in [0.3, 0.4) is 0 Å². The maximum atomic E-state index is 5.67. The van der Waals surface area contributed by atoms with Crippen LogP contribution in [0.5, 0.6) is 0 Å². The van der Waals surface area contributed by atoms with Gasteiger partial charge in [-0.15, -0.1) is 0 Å². The predicted octanol–water partition coefficient (Wildman–Crippen LogP) is 4.19. The summed E-state index contributed by atoms with van der Waals surface area (Å²) in [5, 5.41) is 0. The van der Waals surface area contributed by atoms with E-state index in [4.69, 9.17) is 14.2 Å². The van der Waals surface area contributed by atoms with Gasteiger partial charge >= 0.3 is 0 Å². The first-order valence-corrected chi connectivity index (χ1v) is 8.19. The molecule has 1 saturated heterocycles. The highest BCUT2D eigenvalue weighted by Gasteiger charge is 2.22. The second-order valence-corrected chi connectivity index (χ2v) is 7.19. The zero-order chi connectivity index (χ0) is 15.0. The lowest BCUT2D eigenvalue weighted by atomic mass is 9.96. The van der Waals surface area contributed by atoms with Crippen molar-refractivity contribution < 1.29 is 14.2 Å². The van der Waals surface area contributed by atoms with Crippen molar-refractivity contribution in [3.63, 3.8) is 0 Å². The number of ether oxygens (including phenoxy) is 3. The van der Waals surface area contributed by atoms with Crippen LogP contribution >= 0.6 is 0 Å². The van der Waals surface area contributed by atoms with E-state index in [0.717, 1.165) is 25.6 Å². The van der Waals surface area contributed by atoms with E-state index < -0.39 is 0 Å². The molecule has 1 unspecified atom stereocenters. The highest BCUT2D eigenvalue weighted by Crippen LogP contribution is 2.26. The van der Waals surface area contributed by atoms with E-state index in [9.17, 15) is 0 Å². The molecule has 0 aromatic carbocycles. The van der Waals surface area contributed by atoms with Crippen LogP contribution in [0.25, 0.3) is 0 Å². The molecule has 1 heterocycles. The first kappa shape index (κ1) is 17.9. The van der Waals surface area contributed by atoms with Crippen LogP contribution in [-0.2, 0) is 14.2 Å². The summed E-state index contributed by atoms with van der Waals surface area (Å²) < 4.78 is 15.8. The number of hydrogen-bond acceptors (Lipinski definition) is 3. The van der Waals surface area contributed by atoms with E-state index in [0.29, 0.717) is 12.2 Å². The number of methoxy groups -OCH3 is 1. The van der Waals surface area contributed by atoms with Crippen molar-refractivity contribution in [3.8, 4) is 0 Å². The van der Waals surface area contributed by atoms with Gasteiger partial charge in [-0.1, -0.05) is 19.8 Å². The monoisotopic (exact) mass is 286 g/mol. The van der Waals surface area contributed by atoms with Gasteiger partial charge in [0.2, 0.25) is 0 Å². The molecule has 1 atom stereocenters. The van der Waals surface area contributed by atoms with Crippen LogP contribution in [0.1, 0.15) is 66.2 Å². The van der Waals surface area contributed by atoms with Crippen molar-refractivity contribution >= 4 is 0 Å². The van der Waals surface area contributed by atoms with Gasteiger partial charge < -0.3 is 14.2 Å². The molecule has 3 rings (SSSR count). The number of hydrogen-bond donors (Lipinski definition) is 0. The Morgan fingerprint density at radius 2 is 1.55 bits per heavy atom. The topological polar surface area (TPSA) is 27.7 Å². The lowest BCUT2D eigenvalue weighted by molar-refractivity contribution is -0.0605.